The average Bonchev–Trinajstić information content (AvgIpc) is 2.52. The van der Waals surface area contributed by atoms with Crippen molar-refractivity contribution in [3.63, 3.8) is 0 Å². The summed E-state index contributed by atoms with van der Waals surface area (Å²) in [4.78, 5) is 31.6. The molecule has 0 aliphatic rings. The molecule has 23 heavy (non-hydrogen) atoms. The van der Waals surface area contributed by atoms with E-state index in [0.717, 1.165) is 42.6 Å². The van der Waals surface area contributed by atoms with Crippen LogP contribution in [0, 0.1) is 0 Å². The van der Waals surface area contributed by atoms with Crippen LogP contribution in [0.3, 0.4) is 0 Å². The van der Waals surface area contributed by atoms with Gasteiger partial charge in [0.1, 0.15) is 5.82 Å². The van der Waals surface area contributed by atoms with Crippen LogP contribution < -0.4 is 16.1 Å². The van der Waals surface area contributed by atoms with Crippen LogP contribution in [0.2, 0.25) is 0 Å². The van der Waals surface area contributed by atoms with Crippen LogP contribution in [-0.2, 0) is 26.9 Å². The van der Waals surface area contributed by atoms with Gasteiger partial charge in [0.2, 0.25) is 0 Å². The zero-order valence-corrected chi connectivity index (χ0v) is 14.9. The van der Waals surface area contributed by atoms with Gasteiger partial charge in [-0.3, -0.25) is 13.9 Å². The van der Waals surface area contributed by atoms with Crippen molar-refractivity contribution in [2.24, 2.45) is 14.1 Å². The lowest BCUT2D eigenvalue weighted by Crippen LogP contribution is -2.38. The van der Waals surface area contributed by atoms with Crippen molar-refractivity contribution in [2.45, 2.75) is 39.5 Å². The maximum Gasteiger partial charge on any atom is 0.332 e. The molecule has 0 N–H and O–H groups in total. The van der Waals surface area contributed by atoms with Gasteiger partial charge in [0, 0.05) is 28.2 Å². The van der Waals surface area contributed by atoms with E-state index in [4.69, 9.17) is 0 Å². The summed E-state index contributed by atoms with van der Waals surface area (Å²) in [6.07, 6.45) is 3.60. The van der Waals surface area contributed by atoms with Crippen molar-refractivity contribution in [2.75, 3.05) is 19.0 Å². The number of hydrogen-bond donors (Lipinski definition) is 0. The summed E-state index contributed by atoms with van der Waals surface area (Å²) in [5.41, 5.74) is 2.05. The second kappa shape index (κ2) is 6.56. The molecule has 126 valence electrons. The van der Waals surface area contributed by atoms with E-state index in [9.17, 15) is 9.59 Å². The van der Waals surface area contributed by atoms with Gasteiger partial charge in [-0.05, 0) is 24.0 Å². The Bertz CT molecular complexity index is 847. The number of aryl methyl sites for hydroxylation is 2. The van der Waals surface area contributed by atoms with E-state index >= 15 is 0 Å². The zero-order valence-electron chi connectivity index (χ0n) is 14.9. The molecule has 0 aliphatic heterocycles. The number of aromatic nitrogens is 3. The van der Waals surface area contributed by atoms with E-state index in [2.05, 4.69) is 18.8 Å². The lowest BCUT2D eigenvalue weighted by molar-refractivity contribution is 0.703. The Balaban J connectivity index is 3.09. The summed E-state index contributed by atoms with van der Waals surface area (Å²) in [5.74, 6) is 0.853. The second-order valence-electron chi connectivity index (χ2n) is 6.19. The van der Waals surface area contributed by atoms with Crippen LogP contribution in [0.15, 0.2) is 9.59 Å². The van der Waals surface area contributed by atoms with Gasteiger partial charge < -0.3 is 4.90 Å². The molecule has 0 atom stereocenters. The maximum absolute atomic E-state index is 12.7. The van der Waals surface area contributed by atoms with Crippen LogP contribution in [-0.4, -0.2) is 28.2 Å². The van der Waals surface area contributed by atoms with Crippen molar-refractivity contribution >= 4 is 16.9 Å². The van der Waals surface area contributed by atoms with E-state index in [0.29, 0.717) is 11.0 Å². The van der Waals surface area contributed by atoms with Crippen LogP contribution in [0.4, 0.5) is 5.82 Å². The van der Waals surface area contributed by atoms with Gasteiger partial charge in [0.05, 0.1) is 5.39 Å². The maximum atomic E-state index is 12.7. The van der Waals surface area contributed by atoms with E-state index in [1.165, 1.54) is 16.2 Å². The highest BCUT2D eigenvalue weighted by Gasteiger charge is 2.20. The van der Waals surface area contributed by atoms with Gasteiger partial charge in [0.15, 0.2) is 5.65 Å². The molecule has 0 fully saturated rings. The third kappa shape index (κ3) is 2.78. The molecule has 0 unspecified atom stereocenters. The van der Waals surface area contributed by atoms with E-state index in [1.54, 1.807) is 7.05 Å². The Morgan fingerprint density at radius 3 is 2.04 bits per heavy atom. The van der Waals surface area contributed by atoms with Crippen LogP contribution in [0.5, 0.6) is 0 Å². The molecular formula is C17H26N4O2. The molecule has 2 aromatic rings. The molecule has 0 saturated carbocycles. The average molecular weight is 318 g/mol. The highest BCUT2D eigenvalue weighted by atomic mass is 16.2. The fourth-order valence-electron chi connectivity index (χ4n) is 3.09. The molecule has 6 heteroatoms. The van der Waals surface area contributed by atoms with Crippen molar-refractivity contribution in [1.82, 2.24) is 14.1 Å². The standard InChI is InChI=1S/C17H26N4O2/c1-7-9-11-12(10-8-2)14(19(3)4)18-15-13(11)16(22)21(6)17(23)20(15)5/h7-10H2,1-6H3. The summed E-state index contributed by atoms with van der Waals surface area (Å²) in [6, 6.07) is 0. The van der Waals surface area contributed by atoms with Gasteiger partial charge in [-0.2, -0.15) is 0 Å². The van der Waals surface area contributed by atoms with Crippen LogP contribution in [0.25, 0.3) is 11.0 Å². The molecule has 2 rings (SSSR count). The molecule has 2 heterocycles. The first kappa shape index (κ1) is 17.2. The molecule has 2 aromatic heterocycles. The topological polar surface area (TPSA) is 60.1 Å². The molecule has 0 spiro atoms. The first-order chi connectivity index (χ1) is 10.8. The van der Waals surface area contributed by atoms with Gasteiger partial charge in [-0.15, -0.1) is 0 Å². The molecular weight excluding hydrogens is 292 g/mol. The summed E-state index contributed by atoms with van der Waals surface area (Å²) in [6.45, 7) is 4.22. The number of pyridine rings is 1. The normalized spacial score (nSPS) is 11.2. The number of hydrogen-bond acceptors (Lipinski definition) is 4. The number of rotatable bonds is 5. The van der Waals surface area contributed by atoms with Gasteiger partial charge in [-0.1, -0.05) is 26.7 Å². The third-order valence-electron chi connectivity index (χ3n) is 4.21. The fraction of sp³-hybridized carbons (Fsp3) is 0.588. The van der Waals surface area contributed by atoms with Crippen molar-refractivity contribution in [3.05, 3.63) is 32.0 Å². The monoisotopic (exact) mass is 318 g/mol. The Morgan fingerprint density at radius 2 is 1.52 bits per heavy atom. The van der Waals surface area contributed by atoms with Crippen molar-refractivity contribution < 1.29 is 0 Å². The molecule has 0 aromatic carbocycles. The van der Waals surface area contributed by atoms with E-state index in [1.807, 2.05) is 19.0 Å². The first-order valence-corrected chi connectivity index (χ1v) is 8.13. The summed E-state index contributed by atoms with van der Waals surface area (Å²) < 4.78 is 2.65. The van der Waals surface area contributed by atoms with Crippen LogP contribution in [0.1, 0.15) is 37.8 Å². The van der Waals surface area contributed by atoms with Crippen molar-refractivity contribution in [1.29, 1.82) is 0 Å². The van der Waals surface area contributed by atoms with Gasteiger partial charge in [-0.25, -0.2) is 9.78 Å². The van der Waals surface area contributed by atoms with E-state index in [-0.39, 0.29) is 11.2 Å². The zero-order chi connectivity index (χ0) is 17.3. The quantitative estimate of drug-likeness (QED) is 0.840. The second-order valence-corrected chi connectivity index (χ2v) is 6.19. The molecule has 0 bridgehead atoms. The molecule has 0 aliphatic carbocycles. The lowest BCUT2D eigenvalue weighted by atomic mass is 9.97. The van der Waals surface area contributed by atoms with Crippen molar-refractivity contribution in [3.8, 4) is 0 Å². The number of nitrogens with zero attached hydrogens (tertiary/aromatic N) is 4. The Morgan fingerprint density at radius 1 is 0.957 bits per heavy atom. The highest BCUT2D eigenvalue weighted by Crippen LogP contribution is 2.28. The Kier molecular flexibility index (Phi) is 4.92. The van der Waals surface area contributed by atoms with Gasteiger partial charge >= 0.3 is 5.69 Å². The highest BCUT2D eigenvalue weighted by molar-refractivity contribution is 5.83. The minimum atomic E-state index is -0.342. The number of fused-ring (bicyclic) bond motifs is 1. The Labute approximate surface area is 136 Å². The summed E-state index contributed by atoms with van der Waals surface area (Å²) in [5, 5.41) is 0.588. The van der Waals surface area contributed by atoms with Gasteiger partial charge in [0.25, 0.3) is 5.56 Å². The minimum absolute atomic E-state index is 0.248. The fourth-order valence-corrected chi connectivity index (χ4v) is 3.09. The third-order valence-corrected chi connectivity index (χ3v) is 4.21. The smallest absolute Gasteiger partial charge is 0.332 e. The molecule has 0 radical (unpaired) electrons. The molecule has 0 amide bonds. The Hall–Kier alpha value is -2.11. The summed E-state index contributed by atoms with van der Waals surface area (Å²) in [7, 11) is 7.09. The summed E-state index contributed by atoms with van der Waals surface area (Å²) >= 11 is 0. The van der Waals surface area contributed by atoms with E-state index < -0.39 is 0 Å². The van der Waals surface area contributed by atoms with Crippen LogP contribution >= 0.6 is 0 Å². The largest absolute Gasteiger partial charge is 0.362 e. The predicted molar refractivity (Wildman–Crippen MR) is 94.5 cm³/mol. The SMILES string of the molecule is CCCc1c(N(C)C)nc2c(c1CCC)c(=O)n(C)c(=O)n2C. The minimum Gasteiger partial charge on any atom is -0.362 e. The molecule has 6 nitrogen and oxygen atoms in total. The first-order valence-electron chi connectivity index (χ1n) is 8.13. The predicted octanol–water partition coefficient (Wildman–Crippen LogP) is 1.60. The number of anilines is 1. The molecule has 0 saturated heterocycles. The lowest BCUT2D eigenvalue weighted by Gasteiger charge is -2.22.